The van der Waals surface area contributed by atoms with E-state index in [0.29, 0.717) is 5.92 Å². The van der Waals surface area contributed by atoms with E-state index < -0.39 is 0 Å². The molecule has 156 valence electrons. The van der Waals surface area contributed by atoms with Gasteiger partial charge in [-0.1, -0.05) is 6.07 Å². The Bertz CT molecular complexity index is 812. The van der Waals surface area contributed by atoms with Gasteiger partial charge in [0.05, 0.1) is 5.69 Å². The Kier molecular flexibility index (Phi) is 6.02. The van der Waals surface area contributed by atoms with E-state index in [1.807, 2.05) is 42.0 Å². The molecule has 1 atom stereocenters. The first-order chi connectivity index (χ1) is 14.1. The lowest BCUT2D eigenvalue weighted by Crippen LogP contribution is -2.53. The minimum Gasteiger partial charge on any atom is -0.355 e. The van der Waals surface area contributed by atoms with E-state index >= 15 is 0 Å². The summed E-state index contributed by atoms with van der Waals surface area (Å²) in [4.78, 5) is 21.4. The van der Waals surface area contributed by atoms with Crippen molar-refractivity contribution in [2.45, 2.75) is 45.1 Å². The highest BCUT2D eigenvalue weighted by Gasteiger charge is 2.27. The molecule has 0 aromatic carbocycles. The fourth-order valence-electron chi connectivity index (χ4n) is 4.65. The standard InChI is InChI=1S/C22H32N6O/c1-17-13-21(26(2)25-17)28-10-4-6-20(16-28)24-22(29)27-11-7-18(8-12-27)14-19-5-3-9-23-15-19/h3,5,9,13,15,18,20H,4,6-8,10-12,14,16H2,1-2H3,(H,24,29). The summed E-state index contributed by atoms with van der Waals surface area (Å²) in [7, 11) is 1.99. The Balaban J connectivity index is 1.26. The molecular formula is C22H32N6O. The van der Waals surface area contributed by atoms with Crippen LogP contribution in [-0.4, -0.2) is 57.9 Å². The van der Waals surface area contributed by atoms with Crippen molar-refractivity contribution in [2.75, 3.05) is 31.1 Å². The lowest BCUT2D eigenvalue weighted by atomic mass is 9.91. The number of aromatic nitrogens is 3. The fourth-order valence-corrected chi connectivity index (χ4v) is 4.65. The first-order valence-electron chi connectivity index (χ1n) is 10.8. The SMILES string of the molecule is Cc1cc(N2CCCC(NC(=O)N3CCC(Cc4cccnc4)CC3)C2)n(C)n1. The van der Waals surface area contributed by atoms with E-state index in [9.17, 15) is 4.79 Å². The van der Waals surface area contributed by atoms with Gasteiger partial charge in [-0.05, 0) is 56.6 Å². The largest absolute Gasteiger partial charge is 0.355 e. The molecule has 2 aliphatic rings. The highest BCUT2D eigenvalue weighted by molar-refractivity contribution is 5.74. The predicted molar refractivity (Wildman–Crippen MR) is 114 cm³/mol. The molecule has 2 amide bonds. The van der Waals surface area contributed by atoms with Crippen LogP contribution in [0.15, 0.2) is 30.6 Å². The van der Waals surface area contributed by atoms with Gasteiger partial charge in [-0.15, -0.1) is 0 Å². The zero-order valence-electron chi connectivity index (χ0n) is 17.5. The molecule has 0 spiro atoms. The van der Waals surface area contributed by atoms with Crippen molar-refractivity contribution < 1.29 is 4.79 Å². The maximum atomic E-state index is 12.8. The van der Waals surface area contributed by atoms with Crippen molar-refractivity contribution in [3.8, 4) is 0 Å². The average Bonchev–Trinajstić information content (AvgIpc) is 3.07. The number of likely N-dealkylation sites (tertiary alicyclic amines) is 1. The molecule has 0 aliphatic carbocycles. The highest BCUT2D eigenvalue weighted by atomic mass is 16.2. The topological polar surface area (TPSA) is 66.3 Å². The van der Waals surface area contributed by atoms with Crippen molar-refractivity contribution in [3.63, 3.8) is 0 Å². The van der Waals surface area contributed by atoms with Crippen molar-refractivity contribution >= 4 is 11.8 Å². The van der Waals surface area contributed by atoms with Crippen LogP contribution in [0.4, 0.5) is 10.6 Å². The molecule has 2 aromatic heterocycles. The molecule has 4 heterocycles. The van der Waals surface area contributed by atoms with E-state index in [0.717, 1.165) is 69.8 Å². The number of carbonyl (C=O) groups excluding carboxylic acids is 1. The van der Waals surface area contributed by atoms with Crippen molar-refractivity contribution in [1.82, 2.24) is 25.0 Å². The number of amides is 2. The Hall–Kier alpha value is -2.57. The normalized spacial score (nSPS) is 20.7. The van der Waals surface area contributed by atoms with Crippen molar-refractivity contribution in [3.05, 3.63) is 41.9 Å². The Morgan fingerprint density at radius 3 is 2.76 bits per heavy atom. The van der Waals surface area contributed by atoms with Crippen LogP contribution in [0.3, 0.4) is 0 Å². The summed E-state index contributed by atoms with van der Waals surface area (Å²) in [5.74, 6) is 1.78. The fraction of sp³-hybridized carbons (Fsp3) is 0.591. The summed E-state index contributed by atoms with van der Waals surface area (Å²) in [6, 6.07) is 6.55. The van der Waals surface area contributed by atoms with Gasteiger partial charge in [0.2, 0.25) is 0 Å². The van der Waals surface area contributed by atoms with Crippen LogP contribution in [0.25, 0.3) is 0 Å². The third-order valence-electron chi connectivity index (χ3n) is 6.20. The lowest BCUT2D eigenvalue weighted by Gasteiger charge is -2.37. The van der Waals surface area contributed by atoms with Gasteiger partial charge < -0.3 is 15.1 Å². The molecule has 2 saturated heterocycles. The molecule has 4 rings (SSSR count). The number of rotatable bonds is 4. The number of urea groups is 1. The Morgan fingerprint density at radius 2 is 2.07 bits per heavy atom. The summed E-state index contributed by atoms with van der Waals surface area (Å²) in [5.41, 5.74) is 2.32. The molecule has 2 fully saturated rings. The van der Waals surface area contributed by atoms with Gasteiger partial charge in [0.15, 0.2) is 0 Å². The van der Waals surface area contributed by atoms with Crippen molar-refractivity contribution in [1.29, 1.82) is 0 Å². The van der Waals surface area contributed by atoms with Crippen LogP contribution < -0.4 is 10.2 Å². The van der Waals surface area contributed by atoms with Crippen LogP contribution in [0.5, 0.6) is 0 Å². The van der Waals surface area contributed by atoms with E-state index in [4.69, 9.17) is 0 Å². The van der Waals surface area contributed by atoms with E-state index in [1.165, 1.54) is 5.56 Å². The number of hydrogen-bond acceptors (Lipinski definition) is 4. The zero-order chi connectivity index (χ0) is 20.2. The van der Waals surface area contributed by atoms with Crippen LogP contribution in [0, 0.1) is 12.8 Å². The molecule has 1 unspecified atom stereocenters. The van der Waals surface area contributed by atoms with Crippen LogP contribution >= 0.6 is 0 Å². The third kappa shape index (κ3) is 4.89. The second-order valence-electron chi connectivity index (χ2n) is 8.50. The lowest BCUT2D eigenvalue weighted by molar-refractivity contribution is 0.165. The van der Waals surface area contributed by atoms with Crippen LogP contribution in [0.2, 0.25) is 0 Å². The molecule has 0 radical (unpaired) electrons. The first kappa shape index (κ1) is 19.7. The molecule has 2 aromatic rings. The minimum absolute atomic E-state index is 0.0952. The maximum absolute atomic E-state index is 12.8. The Morgan fingerprint density at radius 1 is 1.24 bits per heavy atom. The summed E-state index contributed by atoms with van der Waals surface area (Å²) < 4.78 is 1.94. The maximum Gasteiger partial charge on any atom is 0.317 e. The second-order valence-corrected chi connectivity index (χ2v) is 8.50. The van der Waals surface area contributed by atoms with Gasteiger partial charge in [-0.25, -0.2) is 4.79 Å². The molecule has 0 saturated carbocycles. The number of hydrogen-bond donors (Lipinski definition) is 1. The third-order valence-corrected chi connectivity index (χ3v) is 6.20. The second kappa shape index (κ2) is 8.84. The molecule has 0 bridgehead atoms. The smallest absolute Gasteiger partial charge is 0.317 e. The predicted octanol–water partition coefficient (Wildman–Crippen LogP) is 2.76. The molecule has 7 heteroatoms. The zero-order valence-corrected chi connectivity index (χ0v) is 17.5. The summed E-state index contributed by atoms with van der Waals surface area (Å²) >= 11 is 0. The van der Waals surface area contributed by atoms with Gasteiger partial charge in [0.25, 0.3) is 0 Å². The number of piperidine rings is 2. The van der Waals surface area contributed by atoms with E-state index in [-0.39, 0.29) is 12.1 Å². The summed E-state index contributed by atoms with van der Waals surface area (Å²) in [6.45, 7) is 5.57. The number of pyridine rings is 1. The highest BCUT2D eigenvalue weighted by Crippen LogP contribution is 2.23. The molecular weight excluding hydrogens is 364 g/mol. The quantitative estimate of drug-likeness (QED) is 0.863. The summed E-state index contributed by atoms with van der Waals surface area (Å²) in [5, 5.41) is 7.74. The van der Waals surface area contributed by atoms with Crippen molar-refractivity contribution in [2.24, 2.45) is 13.0 Å². The van der Waals surface area contributed by atoms with Crippen LogP contribution in [-0.2, 0) is 13.5 Å². The first-order valence-corrected chi connectivity index (χ1v) is 10.8. The monoisotopic (exact) mass is 396 g/mol. The Labute approximate surface area is 173 Å². The molecule has 7 nitrogen and oxygen atoms in total. The van der Waals surface area contributed by atoms with E-state index in [1.54, 1.807) is 0 Å². The van der Waals surface area contributed by atoms with Gasteiger partial charge in [0, 0.05) is 57.7 Å². The number of anilines is 1. The number of aryl methyl sites for hydroxylation is 2. The minimum atomic E-state index is 0.0952. The number of nitrogens with zero attached hydrogens (tertiary/aromatic N) is 5. The van der Waals surface area contributed by atoms with Crippen LogP contribution in [0.1, 0.15) is 36.9 Å². The molecule has 2 aliphatic heterocycles. The number of nitrogens with one attached hydrogen (secondary N) is 1. The van der Waals surface area contributed by atoms with Gasteiger partial charge in [-0.2, -0.15) is 5.10 Å². The molecule has 1 N–H and O–H groups in total. The molecule has 29 heavy (non-hydrogen) atoms. The summed E-state index contributed by atoms with van der Waals surface area (Å²) in [6.07, 6.45) is 9.08. The number of carbonyl (C=O) groups is 1. The van der Waals surface area contributed by atoms with Gasteiger partial charge in [0.1, 0.15) is 5.82 Å². The average molecular weight is 397 g/mol. The van der Waals surface area contributed by atoms with Gasteiger partial charge >= 0.3 is 6.03 Å². The van der Waals surface area contributed by atoms with E-state index in [2.05, 4.69) is 32.4 Å². The van der Waals surface area contributed by atoms with Gasteiger partial charge in [-0.3, -0.25) is 9.67 Å².